The molecule has 0 fully saturated rings. The first-order chi connectivity index (χ1) is 48.7. The number of carbonyl (C=O) groups excluding carboxylic acids is 4. The molecule has 0 aliphatic heterocycles. The summed E-state index contributed by atoms with van der Waals surface area (Å²) in [5.41, 5.74) is 0. The van der Waals surface area contributed by atoms with E-state index in [2.05, 4.69) is 48.5 Å². The van der Waals surface area contributed by atoms with Gasteiger partial charge in [-0.3, -0.25) is 37.3 Å². The topological polar surface area (TPSA) is 237 Å². The van der Waals surface area contributed by atoms with Crippen molar-refractivity contribution in [1.29, 1.82) is 0 Å². The number of esters is 4. The summed E-state index contributed by atoms with van der Waals surface area (Å²) < 4.78 is 68.6. The summed E-state index contributed by atoms with van der Waals surface area (Å²) in [7, 11) is -9.91. The van der Waals surface area contributed by atoms with Crippen LogP contribution in [0.2, 0.25) is 0 Å². The Balaban J connectivity index is 5.15. The SMILES string of the molecule is CCCCCCCCCC(=O)OC[C@H](COP(=O)(O)OC[C@H](O)COP(=O)(O)OC[C@@H](COC(=O)CCCCCCCCCCCCCCCCCCCCC(C)C)OC(=O)CCCCCCCCCCCCCCCCCCCCC(C)C)OC(=O)CCCCCCCCCCCC(C)C. The highest BCUT2D eigenvalue weighted by Gasteiger charge is 2.30. The maximum absolute atomic E-state index is 13.1. The number of hydrogen-bond donors (Lipinski definition) is 3. The normalized spacial score (nSPS) is 14.0. The summed E-state index contributed by atoms with van der Waals surface area (Å²) in [6.07, 6.45) is 61.4. The molecule has 0 radical (unpaired) electrons. The van der Waals surface area contributed by atoms with Crippen LogP contribution in [-0.4, -0.2) is 96.7 Å². The minimum absolute atomic E-state index is 0.105. The maximum atomic E-state index is 13.1. The third-order valence-corrected chi connectivity index (χ3v) is 21.0. The monoisotopic (exact) mass is 1480 g/mol. The lowest BCUT2D eigenvalue weighted by Gasteiger charge is -2.21. The number of aliphatic hydroxyl groups is 1. The van der Waals surface area contributed by atoms with Crippen LogP contribution in [0.4, 0.5) is 0 Å². The van der Waals surface area contributed by atoms with Crippen LogP contribution in [0.1, 0.15) is 427 Å². The largest absolute Gasteiger partial charge is 0.472 e. The first-order valence-electron chi connectivity index (χ1n) is 42.3. The molecule has 101 heavy (non-hydrogen) atoms. The zero-order chi connectivity index (χ0) is 74.4. The number of rotatable bonds is 80. The van der Waals surface area contributed by atoms with Crippen LogP contribution in [-0.2, 0) is 65.4 Å². The van der Waals surface area contributed by atoms with Crippen molar-refractivity contribution in [3.05, 3.63) is 0 Å². The quantitative estimate of drug-likeness (QED) is 0.0222. The zero-order valence-corrected chi connectivity index (χ0v) is 68.2. The van der Waals surface area contributed by atoms with Gasteiger partial charge in [-0.2, -0.15) is 0 Å². The molecule has 0 bridgehead atoms. The molecule has 19 heteroatoms. The van der Waals surface area contributed by atoms with Gasteiger partial charge in [-0.05, 0) is 43.4 Å². The van der Waals surface area contributed by atoms with Crippen LogP contribution in [0.5, 0.6) is 0 Å². The molecule has 0 aliphatic carbocycles. The van der Waals surface area contributed by atoms with Crippen molar-refractivity contribution in [3.8, 4) is 0 Å². The predicted molar refractivity (Wildman–Crippen MR) is 414 cm³/mol. The van der Waals surface area contributed by atoms with Crippen LogP contribution in [0.3, 0.4) is 0 Å². The first kappa shape index (κ1) is 99.1. The summed E-state index contributed by atoms with van der Waals surface area (Å²) in [5, 5.41) is 10.6. The number of aliphatic hydroxyl groups excluding tert-OH is 1. The Morgan fingerprint density at radius 3 is 0.673 bits per heavy atom. The number of phosphoric ester groups is 2. The lowest BCUT2D eigenvalue weighted by molar-refractivity contribution is -0.161. The van der Waals surface area contributed by atoms with Crippen molar-refractivity contribution in [2.75, 3.05) is 39.6 Å². The van der Waals surface area contributed by atoms with Crippen molar-refractivity contribution in [2.24, 2.45) is 17.8 Å². The van der Waals surface area contributed by atoms with Crippen LogP contribution in [0.15, 0.2) is 0 Å². The Hall–Kier alpha value is -1.94. The second kappa shape index (κ2) is 72.3. The molecule has 600 valence electrons. The highest BCUT2D eigenvalue weighted by atomic mass is 31.2. The van der Waals surface area contributed by atoms with Crippen LogP contribution >= 0.6 is 15.6 Å². The summed E-state index contributed by atoms with van der Waals surface area (Å²) >= 11 is 0. The Labute approximate surface area is 619 Å². The Morgan fingerprint density at radius 1 is 0.267 bits per heavy atom. The molecule has 5 atom stereocenters. The smallest absolute Gasteiger partial charge is 0.462 e. The van der Waals surface area contributed by atoms with E-state index in [0.29, 0.717) is 25.7 Å². The van der Waals surface area contributed by atoms with E-state index < -0.39 is 97.5 Å². The maximum Gasteiger partial charge on any atom is 0.472 e. The Kier molecular flexibility index (Phi) is 70.9. The molecule has 0 aromatic rings. The van der Waals surface area contributed by atoms with E-state index in [1.165, 1.54) is 225 Å². The molecule has 0 rings (SSSR count). The van der Waals surface area contributed by atoms with Crippen LogP contribution in [0.25, 0.3) is 0 Å². The minimum Gasteiger partial charge on any atom is -0.462 e. The molecule has 0 aliphatic rings. The molecule has 0 saturated heterocycles. The van der Waals surface area contributed by atoms with Gasteiger partial charge in [0.2, 0.25) is 0 Å². The van der Waals surface area contributed by atoms with Crippen molar-refractivity contribution in [3.63, 3.8) is 0 Å². The van der Waals surface area contributed by atoms with E-state index in [9.17, 15) is 43.2 Å². The summed E-state index contributed by atoms with van der Waals surface area (Å²) in [6, 6.07) is 0. The Morgan fingerprint density at radius 2 is 0.455 bits per heavy atom. The average molecular weight is 1480 g/mol. The number of carbonyl (C=O) groups is 4. The third kappa shape index (κ3) is 76.1. The van der Waals surface area contributed by atoms with Crippen molar-refractivity contribution in [2.45, 2.75) is 446 Å². The number of hydrogen-bond acceptors (Lipinski definition) is 15. The molecular weight excluding hydrogens is 1320 g/mol. The van der Waals surface area contributed by atoms with Gasteiger partial charge in [0.25, 0.3) is 0 Å². The van der Waals surface area contributed by atoms with Gasteiger partial charge in [0.1, 0.15) is 19.3 Å². The van der Waals surface area contributed by atoms with Gasteiger partial charge in [0, 0.05) is 25.7 Å². The van der Waals surface area contributed by atoms with Gasteiger partial charge in [0.05, 0.1) is 26.4 Å². The molecule has 0 heterocycles. The first-order valence-corrected chi connectivity index (χ1v) is 45.3. The van der Waals surface area contributed by atoms with Crippen molar-refractivity contribution >= 4 is 39.5 Å². The van der Waals surface area contributed by atoms with E-state index in [1.54, 1.807) is 0 Å². The lowest BCUT2D eigenvalue weighted by Crippen LogP contribution is -2.30. The molecule has 3 N–H and O–H groups in total. The molecule has 17 nitrogen and oxygen atoms in total. The molecule has 2 unspecified atom stereocenters. The van der Waals surface area contributed by atoms with E-state index in [4.69, 9.17) is 37.0 Å². The predicted octanol–water partition coefficient (Wildman–Crippen LogP) is 24.5. The molecule has 0 aromatic carbocycles. The molecule has 0 saturated carbocycles. The van der Waals surface area contributed by atoms with Crippen LogP contribution in [0, 0.1) is 17.8 Å². The van der Waals surface area contributed by atoms with Gasteiger partial charge in [-0.1, -0.05) is 376 Å². The number of phosphoric acid groups is 2. The van der Waals surface area contributed by atoms with Crippen molar-refractivity contribution in [1.82, 2.24) is 0 Å². The number of ether oxygens (including phenoxy) is 4. The fourth-order valence-electron chi connectivity index (χ4n) is 12.7. The van der Waals surface area contributed by atoms with Gasteiger partial charge >= 0.3 is 39.5 Å². The summed E-state index contributed by atoms with van der Waals surface area (Å²) in [4.78, 5) is 72.8. The summed E-state index contributed by atoms with van der Waals surface area (Å²) in [5.74, 6) is 0.264. The lowest BCUT2D eigenvalue weighted by atomic mass is 10.0. The van der Waals surface area contributed by atoms with Gasteiger partial charge in [0.15, 0.2) is 12.2 Å². The third-order valence-electron chi connectivity index (χ3n) is 19.1. The van der Waals surface area contributed by atoms with Gasteiger partial charge in [-0.15, -0.1) is 0 Å². The summed E-state index contributed by atoms with van der Waals surface area (Å²) in [6.45, 7) is 11.9. The fraction of sp³-hybridized carbons (Fsp3) is 0.951. The standard InChI is InChI=1S/C82H160O17P2/c1-8-9-10-11-39-49-56-63-79(84)92-69-77(98-82(87)66-59-52-45-38-32-35-42-48-55-62-75(6)7)71-96-100(88,89)94-67-76(83)68-95-101(90,91)97-72-78(99-81(86)65-58-51-44-37-31-27-23-19-15-13-17-21-25-29-34-41-47-54-61-74(4)5)70-93-80(85)64-57-50-43-36-30-26-22-18-14-12-16-20-24-28-33-40-46-53-60-73(2)3/h73-78,83H,8-72H2,1-7H3,(H,88,89)(H,90,91)/t76-,77+,78+/m0/s1. The highest BCUT2D eigenvalue weighted by Crippen LogP contribution is 2.45. The molecule has 0 amide bonds. The van der Waals surface area contributed by atoms with E-state index >= 15 is 0 Å². The van der Waals surface area contributed by atoms with Gasteiger partial charge < -0.3 is 33.8 Å². The second-order valence-corrected chi connectivity index (χ2v) is 33.8. The Bertz CT molecular complexity index is 1960. The molecule has 0 aromatic heterocycles. The highest BCUT2D eigenvalue weighted by molar-refractivity contribution is 7.47. The number of unbranched alkanes of at least 4 members (excludes halogenated alkanes) is 48. The minimum atomic E-state index is -4.96. The fourth-order valence-corrected chi connectivity index (χ4v) is 14.2. The second-order valence-electron chi connectivity index (χ2n) is 30.9. The zero-order valence-electron chi connectivity index (χ0n) is 66.4. The average Bonchev–Trinajstić information content (AvgIpc) is 1.05. The molecular formula is C82H160O17P2. The van der Waals surface area contributed by atoms with Gasteiger partial charge in [-0.25, -0.2) is 9.13 Å². The molecule has 0 spiro atoms. The van der Waals surface area contributed by atoms with E-state index in [0.717, 1.165) is 120 Å². The van der Waals surface area contributed by atoms with Crippen LogP contribution < -0.4 is 0 Å². The van der Waals surface area contributed by atoms with Crippen molar-refractivity contribution < 1.29 is 80.2 Å². The van der Waals surface area contributed by atoms with E-state index in [-0.39, 0.29) is 25.7 Å². The van der Waals surface area contributed by atoms with E-state index in [1.807, 2.05) is 0 Å².